The van der Waals surface area contributed by atoms with Crippen LogP contribution in [0.25, 0.3) is 0 Å². The second-order valence-electron chi connectivity index (χ2n) is 4.87. The van der Waals surface area contributed by atoms with E-state index in [2.05, 4.69) is 39.5 Å². The Morgan fingerprint density at radius 2 is 1.73 bits per heavy atom. The minimum atomic E-state index is 0.365. The van der Waals surface area contributed by atoms with Gasteiger partial charge in [-0.05, 0) is 46.6 Å². The summed E-state index contributed by atoms with van der Waals surface area (Å²) < 4.78 is 0. The molecule has 1 nitrogen and oxygen atoms in total. The highest BCUT2D eigenvalue weighted by Gasteiger charge is 2.34. The van der Waals surface area contributed by atoms with Crippen molar-refractivity contribution in [3.8, 4) is 0 Å². The molecule has 0 saturated carbocycles. The first kappa shape index (κ1) is 9.05. The van der Waals surface area contributed by atoms with Gasteiger partial charge in [-0.3, -0.25) is 4.90 Å². The molecule has 1 aliphatic heterocycles. The first-order chi connectivity index (χ1) is 4.93. The van der Waals surface area contributed by atoms with Crippen LogP contribution in [-0.4, -0.2) is 23.0 Å². The maximum Gasteiger partial charge on any atom is 0.0127 e. The van der Waals surface area contributed by atoms with E-state index >= 15 is 0 Å². The summed E-state index contributed by atoms with van der Waals surface area (Å²) in [6.07, 6.45) is 1.37. The molecule has 1 rings (SSSR count). The number of nitrogens with zero attached hydrogens (tertiary/aromatic N) is 1. The van der Waals surface area contributed by atoms with Crippen molar-refractivity contribution in [3.05, 3.63) is 0 Å². The second-order valence-corrected chi connectivity index (χ2v) is 4.87. The van der Waals surface area contributed by atoms with Gasteiger partial charge in [-0.2, -0.15) is 0 Å². The Hall–Kier alpha value is -0.0400. The van der Waals surface area contributed by atoms with Crippen LogP contribution < -0.4 is 0 Å². The summed E-state index contributed by atoms with van der Waals surface area (Å²) in [5.74, 6) is 0.884. The fraction of sp³-hybridized carbons (Fsp3) is 1.00. The summed E-state index contributed by atoms with van der Waals surface area (Å²) in [6, 6.07) is 0.773. The smallest absolute Gasteiger partial charge is 0.0127 e. The fourth-order valence-corrected chi connectivity index (χ4v) is 2.04. The van der Waals surface area contributed by atoms with Crippen LogP contribution in [0, 0.1) is 5.92 Å². The van der Waals surface area contributed by atoms with Gasteiger partial charge in [-0.25, -0.2) is 0 Å². The number of rotatable bonds is 0. The molecule has 66 valence electrons. The van der Waals surface area contributed by atoms with Crippen LogP contribution in [-0.2, 0) is 0 Å². The van der Waals surface area contributed by atoms with Gasteiger partial charge >= 0.3 is 0 Å². The zero-order valence-corrected chi connectivity index (χ0v) is 8.52. The van der Waals surface area contributed by atoms with Crippen LogP contribution in [0.15, 0.2) is 0 Å². The summed E-state index contributed by atoms with van der Waals surface area (Å²) >= 11 is 0. The van der Waals surface area contributed by atoms with E-state index in [-0.39, 0.29) is 0 Å². The van der Waals surface area contributed by atoms with Crippen LogP contribution in [0.1, 0.15) is 41.0 Å². The third-order valence-corrected chi connectivity index (χ3v) is 3.00. The largest absolute Gasteiger partial charge is 0.296 e. The normalized spacial score (nSPS) is 34.6. The van der Waals surface area contributed by atoms with Gasteiger partial charge in [0.2, 0.25) is 0 Å². The molecule has 0 N–H and O–H groups in total. The average Bonchev–Trinajstić information content (AvgIpc) is 2.11. The van der Waals surface area contributed by atoms with E-state index in [9.17, 15) is 0 Å². The van der Waals surface area contributed by atoms with Crippen molar-refractivity contribution in [1.82, 2.24) is 4.90 Å². The minimum Gasteiger partial charge on any atom is -0.296 e. The molecule has 0 aromatic heterocycles. The zero-order chi connectivity index (χ0) is 8.65. The molecule has 0 amide bonds. The van der Waals surface area contributed by atoms with E-state index < -0.39 is 0 Å². The van der Waals surface area contributed by atoms with Gasteiger partial charge in [0.15, 0.2) is 0 Å². The van der Waals surface area contributed by atoms with E-state index in [1.54, 1.807) is 0 Å². The Bertz CT molecular complexity index is 134. The Morgan fingerprint density at radius 1 is 1.18 bits per heavy atom. The maximum atomic E-state index is 2.61. The molecule has 0 bridgehead atoms. The van der Waals surface area contributed by atoms with Gasteiger partial charge in [0.05, 0.1) is 0 Å². The third kappa shape index (κ3) is 1.76. The van der Waals surface area contributed by atoms with E-state index in [4.69, 9.17) is 0 Å². The lowest BCUT2D eigenvalue weighted by molar-refractivity contribution is 0.120. The Kier molecular flexibility index (Phi) is 2.29. The van der Waals surface area contributed by atoms with E-state index in [0.717, 1.165) is 12.0 Å². The standard InChI is InChI=1S/C10H21N/c1-8-6-7-11(9(8)2)10(3,4)5/h8-9H,6-7H2,1-5H3/t8?,9-/m0/s1. The summed E-state index contributed by atoms with van der Waals surface area (Å²) in [6.45, 7) is 12.9. The van der Waals surface area contributed by atoms with E-state index in [1.165, 1.54) is 13.0 Å². The van der Waals surface area contributed by atoms with Gasteiger partial charge in [-0.15, -0.1) is 0 Å². The number of likely N-dealkylation sites (tertiary alicyclic amines) is 1. The molecule has 2 atom stereocenters. The van der Waals surface area contributed by atoms with Crippen LogP contribution in [0.4, 0.5) is 0 Å². The molecule has 0 aliphatic carbocycles. The molecule has 0 spiro atoms. The van der Waals surface area contributed by atoms with Gasteiger partial charge in [-0.1, -0.05) is 6.92 Å². The van der Waals surface area contributed by atoms with Gasteiger partial charge < -0.3 is 0 Å². The molecule has 1 unspecified atom stereocenters. The quantitative estimate of drug-likeness (QED) is 0.519. The number of hydrogen-bond acceptors (Lipinski definition) is 1. The first-order valence-electron chi connectivity index (χ1n) is 4.69. The van der Waals surface area contributed by atoms with E-state index in [1.807, 2.05) is 0 Å². The topological polar surface area (TPSA) is 3.24 Å². The van der Waals surface area contributed by atoms with Crippen molar-refractivity contribution < 1.29 is 0 Å². The maximum absolute atomic E-state index is 2.61. The lowest BCUT2D eigenvalue weighted by Crippen LogP contribution is -2.44. The molecule has 0 radical (unpaired) electrons. The van der Waals surface area contributed by atoms with Gasteiger partial charge in [0.25, 0.3) is 0 Å². The van der Waals surface area contributed by atoms with Crippen molar-refractivity contribution in [2.24, 2.45) is 5.92 Å². The predicted octanol–water partition coefficient (Wildman–Crippen LogP) is 2.52. The van der Waals surface area contributed by atoms with Gasteiger partial charge in [0.1, 0.15) is 0 Å². The van der Waals surface area contributed by atoms with Crippen LogP contribution in [0.3, 0.4) is 0 Å². The summed E-state index contributed by atoms with van der Waals surface area (Å²) in [4.78, 5) is 2.61. The van der Waals surface area contributed by atoms with Gasteiger partial charge in [0, 0.05) is 11.6 Å². The molecule has 0 aromatic rings. The highest BCUT2D eigenvalue weighted by molar-refractivity contribution is 4.88. The average molecular weight is 155 g/mol. The molecule has 0 aromatic carbocycles. The summed E-state index contributed by atoms with van der Waals surface area (Å²) in [5, 5.41) is 0. The molecule has 1 saturated heterocycles. The Morgan fingerprint density at radius 3 is 1.91 bits per heavy atom. The highest BCUT2D eigenvalue weighted by Crippen LogP contribution is 2.29. The molecule has 1 heterocycles. The Balaban J connectivity index is 2.62. The molecule has 1 fully saturated rings. The number of hydrogen-bond donors (Lipinski definition) is 0. The van der Waals surface area contributed by atoms with Crippen molar-refractivity contribution in [2.75, 3.05) is 6.54 Å². The molecule has 1 heteroatoms. The molecular formula is C10H21N. The van der Waals surface area contributed by atoms with Crippen LogP contribution >= 0.6 is 0 Å². The molecule has 11 heavy (non-hydrogen) atoms. The second kappa shape index (κ2) is 2.78. The lowest BCUT2D eigenvalue weighted by atomic mass is 10.0. The van der Waals surface area contributed by atoms with Crippen LogP contribution in [0.5, 0.6) is 0 Å². The Labute approximate surface area is 70.8 Å². The monoisotopic (exact) mass is 155 g/mol. The van der Waals surface area contributed by atoms with Crippen LogP contribution in [0.2, 0.25) is 0 Å². The molecule has 1 aliphatic rings. The minimum absolute atomic E-state index is 0.365. The first-order valence-corrected chi connectivity index (χ1v) is 4.69. The van der Waals surface area contributed by atoms with E-state index in [0.29, 0.717) is 5.54 Å². The zero-order valence-electron chi connectivity index (χ0n) is 8.52. The predicted molar refractivity (Wildman–Crippen MR) is 49.7 cm³/mol. The van der Waals surface area contributed by atoms with Crippen molar-refractivity contribution in [2.45, 2.75) is 52.6 Å². The highest BCUT2D eigenvalue weighted by atomic mass is 15.2. The van der Waals surface area contributed by atoms with Crippen molar-refractivity contribution in [3.63, 3.8) is 0 Å². The molecular weight excluding hydrogens is 134 g/mol. The SMILES string of the molecule is CC1CCN(C(C)(C)C)[C@H]1C. The fourth-order valence-electron chi connectivity index (χ4n) is 2.04. The van der Waals surface area contributed by atoms with Crippen molar-refractivity contribution in [1.29, 1.82) is 0 Å². The summed E-state index contributed by atoms with van der Waals surface area (Å²) in [7, 11) is 0. The van der Waals surface area contributed by atoms with Crippen molar-refractivity contribution >= 4 is 0 Å². The lowest BCUT2D eigenvalue weighted by Gasteiger charge is -2.36. The third-order valence-electron chi connectivity index (χ3n) is 3.00. The summed E-state index contributed by atoms with van der Waals surface area (Å²) in [5.41, 5.74) is 0.365.